The summed E-state index contributed by atoms with van der Waals surface area (Å²) >= 11 is 0. The molecule has 12 heteroatoms. The Balaban J connectivity index is 1.49. The molecule has 2 fully saturated rings. The highest BCUT2D eigenvalue weighted by Gasteiger charge is 2.50. The van der Waals surface area contributed by atoms with E-state index in [4.69, 9.17) is 9.47 Å². The van der Waals surface area contributed by atoms with E-state index in [1.807, 2.05) is 93.3 Å². The molecule has 12 nitrogen and oxygen atoms in total. The van der Waals surface area contributed by atoms with Gasteiger partial charge in [0.15, 0.2) is 5.78 Å². The molecule has 0 saturated carbocycles. The van der Waals surface area contributed by atoms with Crippen LogP contribution in [0.5, 0.6) is 0 Å². The highest BCUT2D eigenvalue weighted by Crippen LogP contribution is 2.29. The van der Waals surface area contributed by atoms with Crippen LogP contribution in [0, 0.1) is 17.8 Å². The summed E-state index contributed by atoms with van der Waals surface area (Å²) < 4.78 is 10.8. The molecule has 53 heavy (non-hydrogen) atoms. The number of morpholine rings is 1. The van der Waals surface area contributed by atoms with Crippen molar-refractivity contribution in [2.75, 3.05) is 46.0 Å². The number of hydrogen-bond acceptors (Lipinski definition) is 8. The fraction of sp³-hybridized carbons (Fsp3) is 0.585. The van der Waals surface area contributed by atoms with Crippen LogP contribution in [0.3, 0.4) is 0 Å². The third kappa shape index (κ3) is 14.0. The van der Waals surface area contributed by atoms with Gasteiger partial charge in [-0.15, -0.1) is 0 Å². The smallest absolute Gasteiger partial charge is 0.243 e. The Morgan fingerprint density at radius 3 is 1.85 bits per heavy atom. The predicted octanol–water partition coefficient (Wildman–Crippen LogP) is 2.83. The van der Waals surface area contributed by atoms with Crippen LogP contribution in [-0.2, 0) is 46.3 Å². The van der Waals surface area contributed by atoms with Crippen LogP contribution in [0.25, 0.3) is 0 Å². The highest BCUT2D eigenvalue weighted by atomic mass is 16.6. The van der Waals surface area contributed by atoms with Crippen molar-refractivity contribution in [1.82, 2.24) is 26.2 Å². The van der Waals surface area contributed by atoms with Crippen LogP contribution in [0.15, 0.2) is 60.7 Å². The summed E-state index contributed by atoms with van der Waals surface area (Å²) in [4.78, 5) is 70.3. The van der Waals surface area contributed by atoms with Gasteiger partial charge in [0.2, 0.25) is 23.6 Å². The lowest BCUT2D eigenvalue weighted by atomic mass is 9.93. The molecule has 0 unspecified atom stereocenters. The maximum atomic E-state index is 14.1. The summed E-state index contributed by atoms with van der Waals surface area (Å²) in [7, 11) is 0. The van der Waals surface area contributed by atoms with Gasteiger partial charge in [0.1, 0.15) is 17.7 Å². The minimum Gasteiger partial charge on any atom is -0.379 e. The van der Waals surface area contributed by atoms with Gasteiger partial charge >= 0.3 is 0 Å². The predicted molar refractivity (Wildman–Crippen MR) is 203 cm³/mol. The third-order valence-electron chi connectivity index (χ3n) is 9.71. The number of rotatable bonds is 21. The molecule has 4 N–H and O–H groups in total. The minimum absolute atomic E-state index is 0.0378. The van der Waals surface area contributed by atoms with E-state index in [9.17, 15) is 24.0 Å². The third-order valence-corrected chi connectivity index (χ3v) is 9.71. The Morgan fingerprint density at radius 2 is 1.26 bits per heavy atom. The first-order chi connectivity index (χ1) is 25.3. The lowest BCUT2D eigenvalue weighted by molar-refractivity contribution is -0.135. The molecule has 2 aliphatic heterocycles. The van der Waals surface area contributed by atoms with Crippen molar-refractivity contribution in [3.05, 3.63) is 71.8 Å². The van der Waals surface area contributed by atoms with Crippen LogP contribution >= 0.6 is 0 Å². The summed E-state index contributed by atoms with van der Waals surface area (Å²) in [6, 6.07) is 16.4. The number of carbonyl (C=O) groups is 5. The van der Waals surface area contributed by atoms with Crippen LogP contribution in [0.1, 0.15) is 65.0 Å². The number of nitrogens with zero attached hydrogens (tertiary/aromatic N) is 1. The van der Waals surface area contributed by atoms with Gasteiger partial charge in [0.05, 0.1) is 38.3 Å². The lowest BCUT2D eigenvalue weighted by Crippen LogP contribution is -2.58. The fourth-order valence-electron chi connectivity index (χ4n) is 6.48. The quantitative estimate of drug-likeness (QED) is 0.143. The molecule has 4 rings (SSSR count). The Kier molecular flexibility index (Phi) is 16.0. The second-order valence-electron chi connectivity index (χ2n) is 15.4. The lowest BCUT2D eigenvalue weighted by Gasteiger charge is -2.28. The molecule has 2 aromatic rings. The number of epoxide rings is 1. The molecule has 0 aliphatic carbocycles. The number of benzene rings is 2. The van der Waals surface area contributed by atoms with Crippen LogP contribution < -0.4 is 21.3 Å². The van der Waals surface area contributed by atoms with Crippen LogP contribution in [-0.4, -0.2) is 104 Å². The van der Waals surface area contributed by atoms with Crippen molar-refractivity contribution >= 4 is 29.4 Å². The molecule has 0 aromatic heterocycles. The van der Waals surface area contributed by atoms with E-state index in [1.54, 1.807) is 6.92 Å². The maximum Gasteiger partial charge on any atom is 0.243 e. The SMILES string of the molecule is CC(C)C[C@H](NC(=O)[C@H](CCc1ccccc1)CNC(=O)CN1CCOCC1)C(=O)N[C@@H](Cc1ccccc1)C(=O)N[C@@H](CC(C)C)C(=O)[C@@]1(C)CO1. The summed E-state index contributed by atoms with van der Waals surface area (Å²) in [5, 5.41) is 11.8. The zero-order valence-corrected chi connectivity index (χ0v) is 32.0. The fourth-order valence-corrected chi connectivity index (χ4v) is 6.48. The van der Waals surface area contributed by atoms with Crippen molar-refractivity contribution in [3.8, 4) is 0 Å². The van der Waals surface area contributed by atoms with Gasteiger partial charge in [-0.2, -0.15) is 0 Å². The Hall–Kier alpha value is -4.13. The molecule has 2 heterocycles. The Bertz CT molecular complexity index is 1490. The van der Waals surface area contributed by atoms with E-state index in [2.05, 4.69) is 21.3 Å². The van der Waals surface area contributed by atoms with Gasteiger partial charge in [-0.05, 0) is 55.6 Å². The highest BCUT2D eigenvalue weighted by molar-refractivity contribution is 5.98. The van der Waals surface area contributed by atoms with Crippen LogP contribution in [0.4, 0.5) is 0 Å². The summed E-state index contributed by atoms with van der Waals surface area (Å²) in [6.45, 7) is 12.7. The molecule has 0 bridgehead atoms. The van der Waals surface area contributed by atoms with E-state index in [0.717, 1.165) is 11.1 Å². The number of aryl methyl sites for hydroxylation is 1. The van der Waals surface area contributed by atoms with Gasteiger partial charge in [-0.3, -0.25) is 28.9 Å². The van der Waals surface area contributed by atoms with Gasteiger partial charge in [-0.1, -0.05) is 88.4 Å². The maximum absolute atomic E-state index is 14.1. The average molecular weight is 734 g/mol. The van der Waals surface area contributed by atoms with Crippen molar-refractivity contribution in [2.24, 2.45) is 17.8 Å². The molecular formula is C41H59N5O7. The van der Waals surface area contributed by atoms with Crippen molar-refractivity contribution in [3.63, 3.8) is 0 Å². The molecular weight excluding hydrogens is 674 g/mol. The zero-order valence-electron chi connectivity index (χ0n) is 32.0. The second-order valence-corrected chi connectivity index (χ2v) is 15.4. The van der Waals surface area contributed by atoms with Gasteiger partial charge < -0.3 is 30.7 Å². The molecule has 4 amide bonds. The number of nitrogens with one attached hydrogen (secondary N) is 4. The first-order valence-corrected chi connectivity index (χ1v) is 19.1. The standard InChI is InChI=1S/C41H59N5O7/c1-28(2)22-33(37(48)41(5)27-53-41)43-40(51)35(24-31-14-10-7-11-15-31)45-39(50)34(23-29(3)4)44-38(49)32(17-16-30-12-8-6-9-13-30)25-42-36(47)26-46-18-20-52-21-19-46/h6-15,28-29,32-35H,16-27H2,1-5H3,(H,42,47)(H,43,51)(H,44,49)(H,45,50)/t32-,33+,34+,35+,41-/m1/s1. The summed E-state index contributed by atoms with van der Waals surface area (Å²) in [6.07, 6.45) is 2.01. The molecule has 0 spiro atoms. The number of carbonyl (C=O) groups excluding carboxylic acids is 5. The van der Waals surface area contributed by atoms with Crippen molar-refractivity contribution in [2.45, 2.75) is 90.4 Å². The van der Waals surface area contributed by atoms with E-state index >= 15 is 0 Å². The van der Waals surface area contributed by atoms with E-state index < -0.39 is 41.5 Å². The number of hydrogen-bond donors (Lipinski definition) is 4. The molecule has 2 saturated heterocycles. The van der Waals surface area contributed by atoms with Gasteiger partial charge in [0.25, 0.3) is 0 Å². The minimum atomic E-state index is -1.01. The Morgan fingerprint density at radius 1 is 0.736 bits per heavy atom. The van der Waals surface area contributed by atoms with Crippen molar-refractivity contribution in [1.29, 1.82) is 0 Å². The zero-order chi connectivity index (χ0) is 38.4. The van der Waals surface area contributed by atoms with E-state index in [0.29, 0.717) is 58.6 Å². The largest absolute Gasteiger partial charge is 0.379 e. The normalized spacial score (nSPS) is 19.5. The first kappa shape index (κ1) is 41.6. The first-order valence-electron chi connectivity index (χ1n) is 19.1. The molecule has 5 atom stereocenters. The summed E-state index contributed by atoms with van der Waals surface area (Å²) in [5.41, 5.74) is 0.972. The number of Topliss-reactive ketones (excluding diaryl/α,β-unsaturated/α-hetero) is 1. The molecule has 2 aliphatic rings. The number of amides is 4. The molecule has 290 valence electrons. The topological polar surface area (TPSA) is 158 Å². The van der Waals surface area contributed by atoms with Crippen molar-refractivity contribution < 1.29 is 33.4 Å². The number of ketones is 1. The molecule has 0 radical (unpaired) electrons. The van der Waals surface area contributed by atoms with E-state index in [1.165, 1.54) is 0 Å². The van der Waals surface area contributed by atoms with Crippen LogP contribution in [0.2, 0.25) is 0 Å². The number of ether oxygens (including phenoxy) is 2. The molecule has 2 aromatic carbocycles. The Labute approximate surface area is 314 Å². The van der Waals surface area contributed by atoms with E-state index in [-0.39, 0.29) is 48.9 Å². The monoisotopic (exact) mass is 733 g/mol. The van der Waals surface area contributed by atoms with Gasteiger partial charge in [0, 0.05) is 26.1 Å². The average Bonchev–Trinajstić information content (AvgIpc) is 3.89. The van der Waals surface area contributed by atoms with Gasteiger partial charge in [-0.25, -0.2) is 0 Å². The summed E-state index contributed by atoms with van der Waals surface area (Å²) in [5.74, 6) is -2.13. The second kappa shape index (κ2) is 20.4.